The van der Waals surface area contributed by atoms with E-state index in [2.05, 4.69) is 4.90 Å². The topological polar surface area (TPSA) is 41.9 Å². The lowest BCUT2D eigenvalue weighted by Gasteiger charge is -2.23. The van der Waals surface area contributed by atoms with Crippen LogP contribution in [0.3, 0.4) is 0 Å². The number of rotatable bonds is 3. The smallest absolute Gasteiger partial charge is 0.182 e. The van der Waals surface area contributed by atoms with Gasteiger partial charge in [0.25, 0.3) is 0 Å². The number of likely N-dealkylation sites (tertiary alicyclic amines) is 1. The zero-order valence-corrected chi connectivity index (χ0v) is 8.74. The van der Waals surface area contributed by atoms with Gasteiger partial charge < -0.3 is 14.6 Å². The van der Waals surface area contributed by atoms with Crippen LogP contribution in [-0.2, 0) is 9.47 Å². The summed E-state index contributed by atoms with van der Waals surface area (Å²) < 4.78 is 11.2. The fourth-order valence-corrected chi connectivity index (χ4v) is 2.14. The van der Waals surface area contributed by atoms with Crippen molar-refractivity contribution in [2.75, 3.05) is 32.8 Å². The number of aliphatic hydroxyl groups is 1. The molecular weight excluding hydrogens is 182 g/mol. The van der Waals surface area contributed by atoms with Gasteiger partial charge >= 0.3 is 0 Å². The highest BCUT2D eigenvalue weighted by Gasteiger charge is 2.43. The standard InChI is InChI=1S/C10H19NO3/c1-2-9(12)7-11-4-3-10(8-11)13-5-6-14-10/h9,12H,2-8H2,1H3. The summed E-state index contributed by atoms with van der Waals surface area (Å²) in [5.41, 5.74) is 0. The summed E-state index contributed by atoms with van der Waals surface area (Å²) in [4.78, 5) is 2.22. The van der Waals surface area contributed by atoms with Crippen molar-refractivity contribution in [1.82, 2.24) is 4.90 Å². The summed E-state index contributed by atoms with van der Waals surface area (Å²) in [6.07, 6.45) is 1.53. The molecule has 1 unspecified atom stereocenters. The molecule has 1 spiro atoms. The highest BCUT2D eigenvalue weighted by molar-refractivity contribution is 4.87. The third-order valence-electron chi connectivity index (χ3n) is 3.03. The first kappa shape index (κ1) is 10.4. The van der Waals surface area contributed by atoms with Gasteiger partial charge in [0.15, 0.2) is 5.79 Å². The van der Waals surface area contributed by atoms with Gasteiger partial charge in [-0.3, -0.25) is 4.90 Å². The van der Waals surface area contributed by atoms with Crippen molar-refractivity contribution in [3.05, 3.63) is 0 Å². The van der Waals surface area contributed by atoms with Gasteiger partial charge in [-0.25, -0.2) is 0 Å². The number of nitrogens with zero attached hydrogens (tertiary/aromatic N) is 1. The second kappa shape index (κ2) is 4.14. The molecule has 0 bridgehead atoms. The molecule has 0 saturated carbocycles. The van der Waals surface area contributed by atoms with E-state index in [9.17, 15) is 5.11 Å². The fraction of sp³-hybridized carbons (Fsp3) is 1.00. The maximum atomic E-state index is 9.53. The molecule has 82 valence electrons. The molecule has 4 nitrogen and oxygen atoms in total. The predicted octanol–water partition coefficient (Wildman–Crippen LogP) is 0.206. The van der Waals surface area contributed by atoms with Crippen LogP contribution in [0.1, 0.15) is 19.8 Å². The third-order valence-corrected chi connectivity index (χ3v) is 3.03. The van der Waals surface area contributed by atoms with Gasteiger partial charge in [0, 0.05) is 19.5 Å². The van der Waals surface area contributed by atoms with E-state index in [0.29, 0.717) is 13.2 Å². The van der Waals surface area contributed by atoms with Gasteiger partial charge in [0.2, 0.25) is 0 Å². The molecule has 4 heteroatoms. The molecule has 14 heavy (non-hydrogen) atoms. The largest absolute Gasteiger partial charge is 0.392 e. The average Bonchev–Trinajstić information content (AvgIpc) is 2.78. The Labute approximate surface area is 84.8 Å². The molecule has 0 aromatic rings. The quantitative estimate of drug-likeness (QED) is 0.708. The Bertz CT molecular complexity index is 192. The Kier molecular flexibility index (Phi) is 3.07. The zero-order chi connectivity index (χ0) is 10.0. The van der Waals surface area contributed by atoms with Crippen LogP contribution < -0.4 is 0 Å². The molecule has 2 saturated heterocycles. The summed E-state index contributed by atoms with van der Waals surface area (Å²) in [6, 6.07) is 0. The molecule has 0 aliphatic carbocycles. The van der Waals surface area contributed by atoms with Gasteiger partial charge in [-0.2, -0.15) is 0 Å². The van der Waals surface area contributed by atoms with Crippen LogP contribution in [0.5, 0.6) is 0 Å². The predicted molar refractivity (Wildman–Crippen MR) is 52.0 cm³/mol. The summed E-state index contributed by atoms with van der Waals surface area (Å²) in [7, 11) is 0. The first-order chi connectivity index (χ1) is 6.74. The molecule has 0 aromatic heterocycles. The minimum absolute atomic E-state index is 0.216. The minimum atomic E-state index is -0.340. The molecule has 2 fully saturated rings. The molecule has 0 amide bonds. The van der Waals surface area contributed by atoms with E-state index in [-0.39, 0.29) is 11.9 Å². The Morgan fingerprint density at radius 2 is 2.14 bits per heavy atom. The van der Waals surface area contributed by atoms with Gasteiger partial charge in [-0.15, -0.1) is 0 Å². The molecule has 1 N–H and O–H groups in total. The van der Waals surface area contributed by atoms with Gasteiger partial charge in [-0.05, 0) is 6.42 Å². The molecule has 2 aliphatic heterocycles. The SMILES string of the molecule is CCC(O)CN1CCC2(C1)OCCO2. The second-order valence-electron chi connectivity index (χ2n) is 4.15. The normalized spacial score (nSPS) is 28.7. The van der Waals surface area contributed by atoms with Crippen LogP contribution in [0.25, 0.3) is 0 Å². The van der Waals surface area contributed by atoms with Crippen LogP contribution in [0, 0.1) is 0 Å². The lowest BCUT2D eigenvalue weighted by Crippen LogP contribution is -2.37. The molecule has 0 aromatic carbocycles. The Balaban J connectivity index is 1.82. The fourth-order valence-electron chi connectivity index (χ4n) is 2.14. The van der Waals surface area contributed by atoms with Crippen molar-refractivity contribution in [2.24, 2.45) is 0 Å². The molecule has 2 aliphatic rings. The van der Waals surface area contributed by atoms with E-state index in [1.54, 1.807) is 0 Å². The molecule has 2 heterocycles. The van der Waals surface area contributed by atoms with E-state index in [1.165, 1.54) is 0 Å². The van der Waals surface area contributed by atoms with E-state index in [1.807, 2.05) is 6.92 Å². The summed E-state index contributed by atoms with van der Waals surface area (Å²) in [6.45, 7) is 5.94. The van der Waals surface area contributed by atoms with Crippen molar-refractivity contribution < 1.29 is 14.6 Å². The van der Waals surface area contributed by atoms with Crippen molar-refractivity contribution in [3.8, 4) is 0 Å². The lowest BCUT2D eigenvalue weighted by atomic mass is 10.2. The summed E-state index contributed by atoms with van der Waals surface area (Å²) >= 11 is 0. The van der Waals surface area contributed by atoms with E-state index in [4.69, 9.17) is 9.47 Å². The van der Waals surface area contributed by atoms with Crippen LogP contribution in [0.4, 0.5) is 0 Å². The van der Waals surface area contributed by atoms with Crippen LogP contribution >= 0.6 is 0 Å². The number of aliphatic hydroxyl groups excluding tert-OH is 1. The van der Waals surface area contributed by atoms with Crippen molar-refractivity contribution in [2.45, 2.75) is 31.7 Å². The number of β-amino-alcohol motifs (C(OH)–C–C–N with tert-alkyl or cyclic N) is 1. The minimum Gasteiger partial charge on any atom is -0.392 e. The lowest BCUT2D eigenvalue weighted by molar-refractivity contribution is -0.145. The van der Waals surface area contributed by atoms with E-state index < -0.39 is 0 Å². The Hall–Kier alpha value is -0.160. The van der Waals surface area contributed by atoms with Gasteiger partial charge in [-0.1, -0.05) is 6.92 Å². The third kappa shape index (κ3) is 2.08. The van der Waals surface area contributed by atoms with Gasteiger partial charge in [0.05, 0.1) is 25.9 Å². The van der Waals surface area contributed by atoms with Gasteiger partial charge in [0.1, 0.15) is 0 Å². The van der Waals surface area contributed by atoms with Crippen molar-refractivity contribution in [1.29, 1.82) is 0 Å². The van der Waals surface area contributed by atoms with Crippen LogP contribution in [-0.4, -0.2) is 54.7 Å². The van der Waals surface area contributed by atoms with Crippen molar-refractivity contribution in [3.63, 3.8) is 0 Å². The molecule has 0 radical (unpaired) electrons. The van der Waals surface area contributed by atoms with Crippen LogP contribution in [0.15, 0.2) is 0 Å². The molecular formula is C10H19NO3. The molecule has 2 rings (SSSR count). The number of hydrogen-bond donors (Lipinski definition) is 1. The Morgan fingerprint density at radius 1 is 1.43 bits per heavy atom. The first-order valence-corrected chi connectivity index (χ1v) is 5.42. The zero-order valence-electron chi connectivity index (χ0n) is 8.74. The van der Waals surface area contributed by atoms with E-state index >= 15 is 0 Å². The highest BCUT2D eigenvalue weighted by Crippen LogP contribution is 2.30. The average molecular weight is 201 g/mol. The van der Waals surface area contributed by atoms with Crippen LogP contribution in [0.2, 0.25) is 0 Å². The maximum Gasteiger partial charge on any atom is 0.182 e. The maximum absolute atomic E-state index is 9.53. The van der Waals surface area contributed by atoms with Crippen molar-refractivity contribution >= 4 is 0 Å². The first-order valence-electron chi connectivity index (χ1n) is 5.42. The number of hydrogen-bond acceptors (Lipinski definition) is 4. The summed E-state index contributed by atoms with van der Waals surface area (Å²) in [5.74, 6) is -0.340. The highest BCUT2D eigenvalue weighted by atomic mass is 16.7. The second-order valence-corrected chi connectivity index (χ2v) is 4.15. The molecule has 1 atom stereocenters. The summed E-state index contributed by atoms with van der Waals surface area (Å²) in [5, 5.41) is 9.53. The Morgan fingerprint density at radius 3 is 2.79 bits per heavy atom. The monoisotopic (exact) mass is 201 g/mol. The number of ether oxygens (including phenoxy) is 2. The van der Waals surface area contributed by atoms with E-state index in [0.717, 1.165) is 32.5 Å².